The zero-order valence-corrected chi connectivity index (χ0v) is 43.6. The lowest BCUT2D eigenvalue weighted by Gasteiger charge is -2.28. The second-order valence-corrected chi connectivity index (χ2v) is 18.1. The lowest BCUT2D eigenvalue weighted by Crippen LogP contribution is -2.62. The average molecular weight is 1080 g/mol. The van der Waals surface area contributed by atoms with E-state index in [2.05, 4.69) is 47.9 Å². The first kappa shape index (κ1) is 67.6. The van der Waals surface area contributed by atoms with Crippen LogP contribution in [0.2, 0.25) is 0 Å². The van der Waals surface area contributed by atoms with Crippen molar-refractivity contribution in [3.05, 3.63) is 35.9 Å². The van der Waals surface area contributed by atoms with E-state index in [9.17, 15) is 63.3 Å². The monoisotopic (exact) mass is 1080 g/mol. The van der Waals surface area contributed by atoms with Crippen molar-refractivity contribution in [2.75, 3.05) is 39.3 Å². The number of carboxylic acid groups (broad SMARTS) is 1. The Balaban J connectivity index is 3.44. The molecule has 0 heterocycles. The number of nitrogens with one attached hydrogen (secondary N) is 9. The van der Waals surface area contributed by atoms with E-state index in [1.165, 1.54) is 6.92 Å². The third-order valence-electron chi connectivity index (χ3n) is 11.8. The number of carboxylic acids is 1. The summed E-state index contributed by atoms with van der Waals surface area (Å²) >= 11 is 0. The predicted molar refractivity (Wildman–Crippen MR) is 278 cm³/mol. The van der Waals surface area contributed by atoms with Crippen molar-refractivity contribution in [2.45, 2.75) is 158 Å². The fourth-order valence-electron chi connectivity index (χ4n) is 7.43. The topological polar surface area (TPSA) is 522 Å². The number of nitrogens with two attached hydrogens (primary N) is 7. The van der Waals surface area contributed by atoms with Gasteiger partial charge in [0.1, 0.15) is 48.3 Å². The van der Waals surface area contributed by atoms with Crippen LogP contribution in [-0.2, 0) is 54.4 Å². The Labute approximate surface area is 442 Å². The van der Waals surface area contributed by atoms with Crippen LogP contribution in [0.25, 0.3) is 0 Å². The van der Waals surface area contributed by atoms with Crippen LogP contribution < -0.4 is 88.0 Å². The Hall–Kier alpha value is -6.44. The van der Waals surface area contributed by atoms with Crippen LogP contribution >= 0.6 is 0 Å². The van der Waals surface area contributed by atoms with Crippen LogP contribution in [0.15, 0.2) is 30.3 Å². The highest BCUT2D eigenvalue weighted by Gasteiger charge is 2.36. The largest absolute Gasteiger partial charge is 0.480 e. The van der Waals surface area contributed by atoms with Crippen molar-refractivity contribution in [1.29, 1.82) is 0 Å². The number of carbonyl (C=O) groups is 10. The second-order valence-electron chi connectivity index (χ2n) is 18.1. The fourth-order valence-corrected chi connectivity index (χ4v) is 7.43. The van der Waals surface area contributed by atoms with Gasteiger partial charge in [0.05, 0.1) is 18.2 Å². The summed E-state index contributed by atoms with van der Waals surface area (Å²) < 4.78 is 0. The number of amides is 9. The molecular formula is C47H84N16O13. The molecule has 1 rings (SSSR count). The molecule has 0 aliphatic rings. The quantitative estimate of drug-likeness (QED) is 0.0292. The van der Waals surface area contributed by atoms with Gasteiger partial charge in [0.2, 0.25) is 53.2 Å². The van der Waals surface area contributed by atoms with Gasteiger partial charge < -0.3 is 103 Å². The van der Waals surface area contributed by atoms with Crippen LogP contribution in [0, 0.1) is 0 Å². The lowest BCUT2D eigenvalue weighted by atomic mass is 10.0. The van der Waals surface area contributed by atoms with Gasteiger partial charge in [0, 0.05) is 6.42 Å². The molecule has 0 saturated heterocycles. The van der Waals surface area contributed by atoms with E-state index in [0.717, 1.165) is 6.92 Å². The molecule has 0 fully saturated rings. The molecule has 0 aromatic heterocycles. The normalized spacial score (nSPS) is 15.9. The molecule has 0 saturated carbocycles. The maximum Gasteiger partial charge on any atom is 0.328 e. The van der Waals surface area contributed by atoms with Crippen molar-refractivity contribution in [1.82, 2.24) is 47.9 Å². The molecule has 0 aliphatic heterocycles. The summed E-state index contributed by atoms with van der Waals surface area (Å²) in [6.45, 7) is 3.62. The lowest BCUT2D eigenvalue weighted by molar-refractivity contribution is -0.145. The molecule has 0 spiro atoms. The Morgan fingerprint density at radius 3 is 1.05 bits per heavy atom. The number of aliphatic carboxylic acids is 1. The minimum Gasteiger partial charge on any atom is -0.480 e. The Morgan fingerprint density at radius 1 is 0.421 bits per heavy atom. The summed E-state index contributed by atoms with van der Waals surface area (Å²) in [6.07, 6.45) is -2.74. The minimum atomic E-state index is -1.71. The molecule has 0 aliphatic carbocycles. The number of hydrogen-bond acceptors (Lipinski definition) is 19. The third-order valence-corrected chi connectivity index (χ3v) is 11.8. The number of unbranched alkanes of at least 4 members (excludes halogenated alkanes) is 1. The van der Waals surface area contributed by atoms with Gasteiger partial charge in [-0.1, -0.05) is 50.1 Å². The molecule has 29 nitrogen and oxygen atoms in total. The molecular weight excluding hydrogens is 997 g/mol. The highest BCUT2D eigenvalue weighted by Crippen LogP contribution is 2.10. The highest BCUT2D eigenvalue weighted by atomic mass is 16.4. The number of hydrogen-bond donors (Lipinski definition) is 19. The molecule has 0 bridgehead atoms. The molecule has 12 atom stereocenters. The standard InChI is InChI=1S/C47H84N16O13/c1-4-5-11-29(39(67)56-30(13-19-49)41(69)59-34(17-23-53)44(72)63-37(26(3)65)47(75)76)55-45(73)35(24-27-9-7-6-8-10-27)61-43(71)32(15-21-51)58-40(68)31(14-20-50)57-42(70)33(16-22-52)60-46(74)36(25(2)64)62-38(66)28(54)12-18-48/h6-10,25-26,28-37,64-65H,4-5,11-24,48-54H2,1-3H3,(H,55,73)(H,56,67)(H,57,70)(H,58,68)(H,59,69)(H,60,74)(H,61,71)(H,62,66)(H,63,72)(H,75,76)/t25-,26-,28+,29+,30+,31+,32+,33+,34+,35-,36+,37+/m1/s1. The van der Waals surface area contributed by atoms with E-state index in [0.29, 0.717) is 18.4 Å². The van der Waals surface area contributed by atoms with Gasteiger partial charge in [-0.2, -0.15) is 0 Å². The number of aliphatic hydroxyl groups is 2. The van der Waals surface area contributed by atoms with Crippen molar-refractivity contribution in [3.63, 3.8) is 0 Å². The Kier molecular flexibility index (Phi) is 32.5. The zero-order valence-electron chi connectivity index (χ0n) is 43.6. The maximum absolute atomic E-state index is 14.3. The summed E-state index contributed by atoms with van der Waals surface area (Å²) in [5.74, 6) is -9.47. The maximum atomic E-state index is 14.3. The van der Waals surface area contributed by atoms with Gasteiger partial charge in [-0.15, -0.1) is 0 Å². The summed E-state index contributed by atoms with van der Waals surface area (Å²) in [7, 11) is 0. The third kappa shape index (κ3) is 24.0. The van der Waals surface area contributed by atoms with Crippen LogP contribution in [0.4, 0.5) is 0 Å². The first-order chi connectivity index (χ1) is 36.0. The van der Waals surface area contributed by atoms with E-state index >= 15 is 0 Å². The molecule has 0 unspecified atom stereocenters. The zero-order chi connectivity index (χ0) is 57.5. The number of rotatable bonds is 38. The molecule has 26 N–H and O–H groups in total. The van der Waals surface area contributed by atoms with E-state index in [1.807, 2.05) is 6.92 Å². The smallest absolute Gasteiger partial charge is 0.328 e. The molecule has 1 aromatic carbocycles. The van der Waals surface area contributed by atoms with E-state index in [4.69, 9.17) is 40.1 Å². The molecule has 9 amide bonds. The molecule has 1 aromatic rings. The van der Waals surface area contributed by atoms with Gasteiger partial charge >= 0.3 is 5.97 Å². The molecule has 430 valence electrons. The van der Waals surface area contributed by atoms with Crippen LogP contribution in [-0.4, -0.2) is 186 Å². The van der Waals surface area contributed by atoms with Crippen LogP contribution in [0.3, 0.4) is 0 Å². The number of carbonyl (C=O) groups excluding carboxylic acids is 9. The molecule has 29 heteroatoms. The predicted octanol–water partition coefficient (Wildman–Crippen LogP) is -7.95. The number of aliphatic hydroxyl groups excluding tert-OH is 2. The molecule has 0 radical (unpaired) electrons. The van der Waals surface area contributed by atoms with Gasteiger partial charge in [-0.25, -0.2) is 4.79 Å². The van der Waals surface area contributed by atoms with Crippen molar-refractivity contribution < 1.29 is 63.3 Å². The molecule has 76 heavy (non-hydrogen) atoms. The fraction of sp³-hybridized carbons (Fsp3) is 0.660. The first-order valence-corrected chi connectivity index (χ1v) is 25.4. The van der Waals surface area contributed by atoms with Crippen LogP contribution in [0.1, 0.15) is 84.1 Å². The van der Waals surface area contributed by atoms with Crippen molar-refractivity contribution in [2.24, 2.45) is 40.1 Å². The van der Waals surface area contributed by atoms with Crippen molar-refractivity contribution >= 4 is 59.1 Å². The summed E-state index contributed by atoms with van der Waals surface area (Å²) in [4.78, 5) is 134. The van der Waals surface area contributed by atoms with Crippen LogP contribution in [0.5, 0.6) is 0 Å². The Morgan fingerprint density at radius 2 is 0.724 bits per heavy atom. The van der Waals surface area contributed by atoms with Crippen molar-refractivity contribution in [3.8, 4) is 0 Å². The second kappa shape index (κ2) is 36.5. The van der Waals surface area contributed by atoms with E-state index in [-0.39, 0.29) is 90.6 Å². The highest BCUT2D eigenvalue weighted by molar-refractivity contribution is 5.98. The number of benzene rings is 1. The average Bonchev–Trinajstić information content (AvgIpc) is 3.36. The SMILES string of the molecule is CCCC[C@H](NC(=O)[C@@H](Cc1ccccc1)NC(=O)[C@H](CCN)NC(=O)[C@H](CCN)NC(=O)[C@H](CCN)NC(=O)[C@@H](NC(=O)[C@@H](N)CCN)[C@@H](C)O)C(=O)N[C@@H](CCN)C(=O)N[C@@H](CCN)C(=O)N[C@H](C(=O)O)[C@@H](C)O. The van der Waals surface area contributed by atoms with Gasteiger partial charge in [0.25, 0.3) is 0 Å². The summed E-state index contributed by atoms with van der Waals surface area (Å²) in [6, 6.07) is -5.51. The van der Waals surface area contributed by atoms with Gasteiger partial charge in [-0.05, 0) is 104 Å². The van der Waals surface area contributed by atoms with Gasteiger partial charge in [0.15, 0.2) is 6.04 Å². The summed E-state index contributed by atoms with van der Waals surface area (Å²) in [5.41, 5.74) is 40.8. The van der Waals surface area contributed by atoms with Gasteiger partial charge in [-0.3, -0.25) is 43.2 Å². The first-order valence-electron chi connectivity index (χ1n) is 25.4. The minimum absolute atomic E-state index is 0.0583. The van der Waals surface area contributed by atoms with E-state index < -0.39 is 132 Å². The Bertz CT molecular complexity index is 2020. The summed E-state index contributed by atoms with van der Waals surface area (Å²) in [5, 5.41) is 52.0. The van der Waals surface area contributed by atoms with E-state index in [1.54, 1.807) is 30.3 Å².